The van der Waals surface area contributed by atoms with Crippen LogP contribution >= 0.6 is 0 Å². The number of carbonyl (C=O) groups is 1. The van der Waals surface area contributed by atoms with E-state index in [1.807, 2.05) is 19.2 Å². The van der Waals surface area contributed by atoms with E-state index in [2.05, 4.69) is 20.5 Å². The average Bonchev–Trinajstić information content (AvgIpc) is 3.02. The van der Waals surface area contributed by atoms with Crippen molar-refractivity contribution in [3.05, 3.63) is 42.2 Å². The maximum Gasteiger partial charge on any atom is 0.387 e. The van der Waals surface area contributed by atoms with E-state index >= 15 is 0 Å². The normalized spacial score (nSPS) is 12.0. The average molecular weight is 338 g/mol. The summed E-state index contributed by atoms with van der Waals surface area (Å²) in [4.78, 5) is 12.0. The number of benzene rings is 1. The quantitative estimate of drug-likeness (QED) is 0.814. The summed E-state index contributed by atoms with van der Waals surface area (Å²) in [5.74, 6) is 0.222. The molecule has 1 unspecified atom stereocenters. The van der Waals surface area contributed by atoms with Crippen LogP contribution in [0.1, 0.15) is 12.5 Å². The summed E-state index contributed by atoms with van der Waals surface area (Å²) in [5.41, 5.74) is 0.864. The highest BCUT2D eigenvalue weighted by molar-refractivity contribution is 5.90. The van der Waals surface area contributed by atoms with Gasteiger partial charge in [0, 0.05) is 36.7 Å². The molecule has 0 saturated heterocycles. The van der Waals surface area contributed by atoms with Gasteiger partial charge >= 0.3 is 12.6 Å². The minimum Gasteiger partial charge on any atom is -0.434 e. The van der Waals surface area contributed by atoms with E-state index in [4.69, 9.17) is 0 Å². The molecule has 1 aromatic carbocycles. The lowest BCUT2D eigenvalue weighted by atomic mass is 10.2. The lowest BCUT2D eigenvalue weighted by molar-refractivity contribution is -0.0502. The second-order valence-corrected chi connectivity index (χ2v) is 5.48. The fraction of sp³-hybridized carbons (Fsp3) is 0.375. The molecule has 2 aromatic rings. The van der Waals surface area contributed by atoms with E-state index in [1.54, 1.807) is 29.9 Å². The summed E-state index contributed by atoms with van der Waals surface area (Å²) in [6.07, 6.45) is 3.55. The van der Waals surface area contributed by atoms with Crippen LogP contribution in [0.25, 0.3) is 0 Å². The number of nitrogens with one attached hydrogen (secondary N) is 2. The number of hydrogen-bond donors (Lipinski definition) is 2. The van der Waals surface area contributed by atoms with Crippen LogP contribution in [0.4, 0.5) is 19.3 Å². The number of halogens is 2. The summed E-state index contributed by atoms with van der Waals surface area (Å²) >= 11 is 0. The molecule has 0 bridgehead atoms. The van der Waals surface area contributed by atoms with Gasteiger partial charge in [-0.3, -0.25) is 4.68 Å². The Labute approximate surface area is 138 Å². The molecule has 2 amide bonds. The molecule has 0 aliphatic carbocycles. The zero-order chi connectivity index (χ0) is 17.5. The number of rotatable bonds is 7. The van der Waals surface area contributed by atoms with Gasteiger partial charge < -0.3 is 15.4 Å². The van der Waals surface area contributed by atoms with Gasteiger partial charge in [-0.1, -0.05) is 13.0 Å². The topological polar surface area (TPSA) is 68.2 Å². The molecule has 8 heteroatoms. The molecule has 130 valence electrons. The second kappa shape index (κ2) is 8.28. The van der Waals surface area contributed by atoms with Crippen molar-refractivity contribution in [1.82, 2.24) is 15.1 Å². The molecule has 0 fully saturated rings. The van der Waals surface area contributed by atoms with Crippen molar-refractivity contribution in [3.8, 4) is 5.75 Å². The van der Waals surface area contributed by atoms with Gasteiger partial charge in [-0.15, -0.1) is 0 Å². The molecule has 0 radical (unpaired) electrons. The number of ether oxygens (including phenoxy) is 1. The number of amides is 2. The molecule has 0 aliphatic heterocycles. The summed E-state index contributed by atoms with van der Waals surface area (Å²) in [7, 11) is 0. The van der Waals surface area contributed by atoms with E-state index in [9.17, 15) is 13.6 Å². The third kappa shape index (κ3) is 5.22. The van der Waals surface area contributed by atoms with Gasteiger partial charge in [0.15, 0.2) is 0 Å². The minimum atomic E-state index is -2.91. The molecule has 0 spiro atoms. The van der Waals surface area contributed by atoms with Crippen LogP contribution in [0.15, 0.2) is 36.7 Å². The van der Waals surface area contributed by atoms with Gasteiger partial charge in [-0.05, 0) is 31.0 Å². The number of alkyl halides is 2. The Kier molecular flexibility index (Phi) is 6.11. The largest absolute Gasteiger partial charge is 0.434 e. The van der Waals surface area contributed by atoms with Crippen LogP contribution in [0.5, 0.6) is 5.75 Å². The molecule has 0 aliphatic rings. The predicted molar refractivity (Wildman–Crippen MR) is 86.2 cm³/mol. The van der Waals surface area contributed by atoms with E-state index in [-0.39, 0.29) is 11.7 Å². The van der Waals surface area contributed by atoms with Gasteiger partial charge in [0.25, 0.3) is 0 Å². The van der Waals surface area contributed by atoms with E-state index in [1.165, 1.54) is 6.07 Å². The highest BCUT2D eigenvalue weighted by Crippen LogP contribution is 2.26. The summed E-state index contributed by atoms with van der Waals surface area (Å²) in [6.45, 7) is 1.83. The van der Waals surface area contributed by atoms with Crippen molar-refractivity contribution >= 4 is 11.7 Å². The zero-order valence-corrected chi connectivity index (χ0v) is 13.5. The Bertz CT molecular complexity index is 662. The fourth-order valence-electron chi connectivity index (χ4n) is 2.20. The lowest BCUT2D eigenvalue weighted by Gasteiger charge is -2.15. The second-order valence-electron chi connectivity index (χ2n) is 5.48. The number of carbonyl (C=O) groups excluding carboxylic acids is 1. The first kappa shape index (κ1) is 17.7. The monoisotopic (exact) mass is 338 g/mol. The van der Waals surface area contributed by atoms with Crippen LogP contribution in [-0.4, -0.2) is 29.0 Å². The standard InChI is InChI=1S/C16H20F2N4O2/c1-11(10-22-8-4-7-20-22)9-19-16(23)21-13-5-3-6-14(12(13)2)24-15(17)18/h3-8,11,15H,9-10H2,1-2H3,(H2,19,21,23). The molecule has 2 rings (SSSR count). The Balaban J connectivity index is 1.86. The Morgan fingerprint density at radius 1 is 1.38 bits per heavy atom. The van der Waals surface area contributed by atoms with Gasteiger partial charge in [0.2, 0.25) is 0 Å². The third-order valence-corrected chi connectivity index (χ3v) is 3.42. The van der Waals surface area contributed by atoms with Crippen LogP contribution in [0.2, 0.25) is 0 Å². The first-order chi connectivity index (χ1) is 11.5. The van der Waals surface area contributed by atoms with Crippen molar-refractivity contribution in [2.24, 2.45) is 5.92 Å². The van der Waals surface area contributed by atoms with Crippen LogP contribution in [-0.2, 0) is 6.54 Å². The molecule has 6 nitrogen and oxygen atoms in total. The Morgan fingerprint density at radius 2 is 2.17 bits per heavy atom. The number of aromatic nitrogens is 2. The fourth-order valence-corrected chi connectivity index (χ4v) is 2.20. The van der Waals surface area contributed by atoms with Crippen molar-refractivity contribution in [1.29, 1.82) is 0 Å². The van der Waals surface area contributed by atoms with Crippen molar-refractivity contribution in [2.75, 3.05) is 11.9 Å². The highest BCUT2D eigenvalue weighted by Gasteiger charge is 2.12. The van der Waals surface area contributed by atoms with E-state index < -0.39 is 12.6 Å². The molecule has 2 N–H and O–H groups in total. The summed E-state index contributed by atoms with van der Waals surface area (Å²) < 4.78 is 30.9. The first-order valence-electron chi connectivity index (χ1n) is 7.52. The maximum atomic E-state index is 12.3. The highest BCUT2D eigenvalue weighted by atomic mass is 19.3. The molecular formula is C16H20F2N4O2. The van der Waals surface area contributed by atoms with E-state index in [0.717, 1.165) is 0 Å². The third-order valence-electron chi connectivity index (χ3n) is 3.42. The van der Waals surface area contributed by atoms with Crippen molar-refractivity contribution in [2.45, 2.75) is 27.0 Å². The van der Waals surface area contributed by atoms with Crippen LogP contribution in [0, 0.1) is 12.8 Å². The van der Waals surface area contributed by atoms with Gasteiger partial charge in [0.1, 0.15) is 5.75 Å². The van der Waals surface area contributed by atoms with Crippen LogP contribution < -0.4 is 15.4 Å². The van der Waals surface area contributed by atoms with Gasteiger partial charge in [-0.2, -0.15) is 13.9 Å². The molecule has 1 heterocycles. The molecular weight excluding hydrogens is 318 g/mol. The SMILES string of the molecule is Cc1c(NC(=O)NCC(C)Cn2cccn2)cccc1OC(F)F. The first-order valence-corrected chi connectivity index (χ1v) is 7.52. The maximum absolute atomic E-state index is 12.3. The Morgan fingerprint density at radius 3 is 2.83 bits per heavy atom. The lowest BCUT2D eigenvalue weighted by Crippen LogP contribution is -2.33. The van der Waals surface area contributed by atoms with Gasteiger partial charge in [-0.25, -0.2) is 4.79 Å². The number of nitrogens with zero attached hydrogens (tertiary/aromatic N) is 2. The van der Waals surface area contributed by atoms with Crippen LogP contribution in [0.3, 0.4) is 0 Å². The molecule has 0 saturated carbocycles. The molecule has 24 heavy (non-hydrogen) atoms. The van der Waals surface area contributed by atoms with Crippen molar-refractivity contribution < 1.29 is 18.3 Å². The van der Waals surface area contributed by atoms with Gasteiger partial charge in [0.05, 0.1) is 0 Å². The van der Waals surface area contributed by atoms with E-state index in [0.29, 0.717) is 24.3 Å². The minimum absolute atomic E-state index is 0.0369. The summed E-state index contributed by atoms with van der Waals surface area (Å²) in [5, 5.41) is 9.50. The smallest absolute Gasteiger partial charge is 0.387 e. The number of anilines is 1. The zero-order valence-electron chi connectivity index (χ0n) is 13.5. The molecule has 1 atom stereocenters. The Hall–Kier alpha value is -2.64. The van der Waals surface area contributed by atoms with Crippen molar-refractivity contribution in [3.63, 3.8) is 0 Å². The summed E-state index contributed by atoms with van der Waals surface area (Å²) in [6, 6.07) is 6.03. The predicted octanol–water partition coefficient (Wildman–Crippen LogP) is 3.25. The number of urea groups is 1. The number of hydrogen-bond acceptors (Lipinski definition) is 3. The molecule has 1 aromatic heterocycles.